The average Bonchev–Trinajstić information content (AvgIpc) is 2.47. The third-order valence-corrected chi connectivity index (χ3v) is 4.66. The highest BCUT2D eigenvalue weighted by molar-refractivity contribution is 7.92. The Balaban J connectivity index is 1.97. The van der Waals surface area contributed by atoms with Crippen molar-refractivity contribution in [1.82, 2.24) is 9.97 Å². The lowest BCUT2D eigenvalue weighted by Crippen LogP contribution is -2.15. The molecule has 0 amide bonds. The lowest BCUT2D eigenvalue weighted by atomic mass is 10.2. The highest BCUT2D eigenvalue weighted by Crippen LogP contribution is 2.22. The van der Waals surface area contributed by atoms with E-state index in [9.17, 15) is 8.42 Å². The maximum Gasteiger partial charge on any atom is 0.264 e. The minimum absolute atomic E-state index is 0.0217. The predicted octanol–water partition coefficient (Wildman–Crippen LogP) is 2.67. The standard InChI is InChI=1S/C14H11ClN4O2S/c15-12-2-1-3-13-11(12)8-17-14(18-13)19-22(20,21)10-6-4-9(16)5-7-10/h1-8H,16H2,(H,17,18,19). The van der Waals surface area contributed by atoms with Crippen LogP contribution in [0.25, 0.3) is 10.9 Å². The third kappa shape index (κ3) is 2.81. The number of nitrogens with one attached hydrogen (secondary N) is 1. The number of fused-ring (bicyclic) bond motifs is 1. The number of hydrogen-bond donors (Lipinski definition) is 2. The number of halogens is 1. The van der Waals surface area contributed by atoms with Gasteiger partial charge in [-0.05, 0) is 36.4 Å². The minimum atomic E-state index is -3.77. The second-order valence-corrected chi connectivity index (χ2v) is 6.63. The van der Waals surface area contributed by atoms with Crippen LogP contribution in [0.3, 0.4) is 0 Å². The SMILES string of the molecule is Nc1ccc(S(=O)(=O)Nc2ncc3c(Cl)cccc3n2)cc1. The Hall–Kier alpha value is -2.38. The number of nitrogen functional groups attached to an aromatic ring is 1. The van der Waals surface area contributed by atoms with Crippen molar-refractivity contribution in [2.24, 2.45) is 0 Å². The Morgan fingerprint density at radius 3 is 2.55 bits per heavy atom. The molecule has 3 N–H and O–H groups in total. The summed E-state index contributed by atoms with van der Waals surface area (Å²) in [7, 11) is -3.77. The summed E-state index contributed by atoms with van der Waals surface area (Å²) in [5, 5.41) is 1.16. The molecule has 0 radical (unpaired) electrons. The normalized spacial score (nSPS) is 11.5. The molecule has 0 aliphatic heterocycles. The van der Waals surface area contributed by atoms with E-state index in [1.807, 2.05) is 0 Å². The van der Waals surface area contributed by atoms with Gasteiger partial charge in [-0.3, -0.25) is 0 Å². The molecular weight excluding hydrogens is 324 g/mol. The summed E-state index contributed by atoms with van der Waals surface area (Å²) in [6.07, 6.45) is 1.48. The van der Waals surface area contributed by atoms with Crippen LogP contribution in [0.15, 0.2) is 53.6 Å². The fourth-order valence-electron chi connectivity index (χ4n) is 1.89. The Kier molecular flexibility index (Phi) is 3.59. The van der Waals surface area contributed by atoms with Gasteiger partial charge in [0.2, 0.25) is 5.95 Å². The summed E-state index contributed by atoms with van der Waals surface area (Å²) in [5.41, 5.74) is 6.58. The van der Waals surface area contributed by atoms with Crippen LogP contribution in [0.2, 0.25) is 5.02 Å². The Morgan fingerprint density at radius 2 is 1.82 bits per heavy atom. The van der Waals surface area contributed by atoms with E-state index in [0.717, 1.165) is 0 Å². The first-order chi connectivity index (χ1) is 10.5. The van der Waals surface area contributed by atoms with Crippen molar-refractivity contribution >= 4 is 44.2 Å². The largest absolute Gasteiger partial charge is 0.399 e. The fourth-order valence-corrected chi connectivity index (χ4v) is 3.06. The zero-order valence-corrected chi connectivity index (χ0v) is 12.8. The Morgan fingerprint density at radius 1 is 1.09 bits per heavy atom. The first-order valence-electron chi connectivity index (χ1n) is 6.25. The van der Waals surface area contributed by atoms with Crippen LogP contribution in [0, 0.1) is 0 Å². The van der Waals surface area contributed by atoms with Crippen LogP contribution in [-0.4, -0.2) is 18.4 Å². The number of nitrogens with zero attached hydrogens (tertiary/aromatic N) is 2. The molecule has 22 heavy (non-hydrogen) atoms. The van der Waals surface area contributed by atoms with Gasteiger partial charge in [0.25, 0.3) is 10.0 Å². The van der Waals surface area contributed by atoms with Gasteiger partial charge >= 0.3 is 0 Å². The van der Waals surface area contributed by atoms with E-state index in [0.29, 0.717) is 21.6 Å². The maximum atomic E-state index is 12.3. The van der Waals surface area contributed by atoms with Crippen LogP contribution in [0.4, 0.5) is 11.6 Å². The molecule has 0 saturated heterocycles. The molecule has 0 spiro atoms. The zero-order valence-electron chi connectivity index (χ0n) is 11.2. The van der Waals surface area contributed by atoms with Gasteiger partial charge in [0.1, 0.15) is 0 Å². The summed E-state index contributed by atoms with van der Waals surface area (Å²) < 4.78 is 26.8. The van der Waals surface area contributed by atoms with Crippen LogP contribution in [0.5, 0.6) is 0 Å². The molecule has 0 bridgehead atoms. The van der Waals surface area contributed by atoms with Gasteiger partial charge in [-0.15, -0.1) is 0 Å². The maximum absolute atomic E-state index is 12.3. The lowest BCUT2D eigenvalue weighted by molar-refractivity contribution is 0.601. The molecule has 1 heterocycles. The van der Waals surface area contributed by atoms with E-state index in [4.69, 9.17) is 17.3 Å². The number of hydrogen-bond acceptors (Lipinski definition) is 5. The summed E-state index contributed by atoms with van der Waals surface area (Å²) >= 11 is 6.02. The first-order valence-corrected chi connectivity index (χ1v) is 8.11. The van der Waals surface area contributed by atoms with E-state index in [2.05, 4.69) is 14.7 Å². The van der Waals surface area contributed by atoms with Gasteiger partial charge in [-0.25, -0.2) is 23.1 Å². The molecule has 6 nitrogen and oxygen atoms in total. The average molecular weight is 335 g/mol. The molecule has 1 aromatic heterocycles. The van der Waals surface area contributed by atoms with Crippen LogP contribution in [0.1, 0.15) is 0 Å². The van der Waals surface area contributed by atoms with Gasteiger partial charge in [0.15, 0.2) is 0 Å². The Bertz CT molecular complexity index is 943. The van der Waals surface area contributed by atoms with Crippen molar-refractivity contribution in [3.63, 3.8) is 0 Å². The van der Waals surface area contributed by atoms with Gasteiger partial charge < -0.3 is 5.73 Å². The van der Waals surface area contributed by atoms with E-state index in [1.54, 1.807) is 18.2 Å². The molecule has 3 aromatic rings. The van der Waals surface area contributed by atoms with Crippen molar-refractivity contribution in [3.8, 4) is 0 Å². The third-order valence-electron chi connectivity index (χ3n) is 2.99. The van der Waals surface area contributed by atoms with Crippen molar-refractivity contribution in [2.75, 3.05) is 10.5 Å². The molecular formula is C14H11ClN4O2S. The van der Waals surface area contributed by atoms with Crippen LogP contribution in [-0.2, 0) is 10.0 Å². The molecule has 0 unspecified atom stereocenters. The molecule has 3 rings (SSSR count). The molecule has 0 saturated carbocycles. The van der Waals surface area contributed by atoms with E-state index in [-0.39, 0.29) is 10.8 Å². The van der Waals surface area contributed by atoms with Gasteiger partial charge in [0.05, 0.1) is 15.4 Å². The summed E-state index contributed by atoms with van der Waals surface area (Å²) in [6, 6.07) is 11.0. The molecule has 8 heteroatoms. The fraction of sp³-hybridized carbons (Fsp3) is 0. The van der Waals surface area contributed by atoms with Crippen molar-refractivity contribution in [3.05, 3.63) is 53.7 Å². The Labute approximate surface area is 132 Å². The number of sulfonamides is 1. The van der Waals surface area contributed by atoms with E-state index < -0.39 is 10.0 Å². The highest BCUT2D eigenvalue weighted by atomic mass is 35.5. The molecule has 0 fully saturated rings. The minimum Gasteiger partial charge on any atom is -0.399 e. The molecule has 0 aliphatic carbocycles. The van der Waals surface area contributed by atoms with Gasteiger partial charge in [-0.2, -0.15) is 0 Å². The van der Waals surface area contributed by atoms with Crippen molar-refractivity contribution in [2.45, 2.75) is 4.90 Å². The quantitative estimate of drug-likeness (QED) is 0.717. The van der Waals surface area contributed by atoms with Crippen molar-refractivity contribution < 1.29 is 8.42 Å². The van der Waals surface area contributed by atoms with Crippen molar-refractivity contribution in [1.29, 1.82) is 0 Å². The second kappa shape index (κ2) is 5.43. The van der Waals surface area contributed by atoms with E-state index in [1.165, 1.54) is 30.5 Å². The first kappa shape index (κ1) is 14.6. The predicted molar refractivity (Wildman–Crippen MR) is 86.2 cm³/mol. The number of aromatic nitrogens is 2. The highest BCUT2D eigenvalue weighted by Gasteiger charge is 2.15. The number of anilines is 2. The van der Waals surface area contributed by atoms with Crippen LogP contribution >= 0.6 is 11.6 Å². The molecule has 0 atom stereocenters. The zero-order chi connectivity index (χ0) is 15.7. The van der Waals surface area contributed by atoms with E-state index >= 15 is 0 Å². The number of rotatable bonds is 3. The number of nitrogens with two attached hydrogens (primary N) is 1. The summed E-state index contributed by atoms with van der Waals surface area (Å²) in [5.74, 6) is -0.0217. The second-order valence-electron chi connectivity index (χ2n) is 4.54. The summed E-state index contributed by atoms with van der Waals surface area (Å²) in [6.45, 7) is 0. The van der Waals surface area contributed by atoms with Gasteiger partial charge in [-0.1, -0.05) is 17.7 Å². The smallest absolute Gasteiger partial charge is 0.264 e. The number of benzene rings is 2. The lowest BCUT2D eigenvalue weighted by Gasteiger charge is -2.08. The topological polar surface area (TPSA) is 98.0 Å². The molecule has 0 aliphatic rings. The summed E-state index contributed by atoms with van der Waals surface area (Å²) in [4.78, 5) is 8.22. The van der Waals surface area contributed by atoms with Crippen LogP contribution < -0.4 is 10.5 Å². The monoisotopic (exact) mass is 334 g/mol. The molecule has 112 valence electrons. The van der Waals surface area contributed by atoms with Gasteiger partial charge in [0, 0.05) is 17.3 Å². The molecule has 2 aromatic carbocycles.